The van der Waals surface area contributed by atoms with Crippen molar-refractivity contribution in [1.82, 2.24) is 9.97 Å². The molecule has 0 spiro atoms. The summed E-state index contributed by atoms with van der Waals surface area (Å²) in [4.78, 5) is 18.3. The lowest BCUT2D eigenvalue weighted by Crippen LogP contribution is -2.15. The Morgan fingerprint density at radius 1 is 1.56 bits per heavy atom. The van der Waals surface area contributed by atoms with Crippen LogP contribution in [0, 0.1) is 0 Å². The number of H-pyrrole nitrogens is 1. The highest BCUT2D eigenvalue weighted by atomic mass is 16.3. The van der Waals surface area contributed by atoms with Gasteiger partial charge in [-0.3, -0.25) is 4.79 Å². The minimum absolute atomic E-state index is 0.237. The number of hydrogen-bond acceptors (Lipinski definition) is 3. The van der Waals surface area contributed by atoms with Gasteiger partial charge in [0, 0.05) is 6.42 Å². The molecule has 1 aromatic heterocycles. The van der Waals surface area contributed by atoms with Gasteiger partial charge in [-0.05, 0) is 12.8 Å². The second-order valence-corrected chi connectivity index (χ2v) is 3.84. The van der Waals surface area contributed by atoms with E-state index in [0.29, 0.717) is 12.1 Å². The van der Waals surface area contributed by atoms with Gasteiger partial charge < -0.3 is 15.8 Å². The van der Waals surface area contributed by atoms with E-state index in [0.717, 1.165) is 25.1 Å². The zero-order valence-electron chi connectivity index (χ0n) is 9.79. The predicted octanol–water partition coefficient (Wildman–Crippen LogP) is 1.29. The molecule has 1 heterocycles. The third kappa shape index (κ3) is 2.82. The number of primary amides is 1. The molecule has 5 nitrogen and oxygen atoms in total. The van der Waals surface area contributed by atoms with Crippen LogP contribution in [0.25, 0.3) is 0 Å². The minimum atomic E-state index is -0.728. The monoisotopic (exact) mass is 225 g/mol. The number of nitrogens with one attached hydrogen (secondary N) is 1. The Bertz CT molecular complexity index is 360. The second-order valence-electron chi connectivity index (χ2n) is 3.84. The van der Waals surface area contributed by atoms with E-state index in [1.165, 1.54) is 0 Å². The summed E-state index contributed by atoms with van der Waals surface area (Å²) >= 11 is 0. The highest BCUT2D eigenvalue weighted by Gasteiger charge is 2.19. The lowest BCUT2D eigenvalue weighted by molar-refractivity contribution is 0.0986. The van der Waals surface area contributed by atoms with Gasteiger partial charge in [0.2, 0.25) is 0 Å². The first-order valence-electron chi connectivity index (χ1n) is 5.66. The number of aromatic amines is 1. The van der Waals surface area contributed by atoms with E-state index < -0.39 is 12.0 Å². The maximum Gasteiger partial charge on any atom is 0.267 e. The van der Waals surface area contributed by atoms with E-state index in [1.54, 1.807) is 0 Å². The van der Waals surface area contributed by atoms with Crippen LogP contribution in [-0.4, -0.2) is 21.0 Å². The molecule has 90 valence electrons. The summed E-state index contributed by atoms with van der Waals surface area (Å²) in [5.74, 6) is 0.149. The van der Waals surface area contributed by atoms with Crippen molar-refractivity contribution in [2.45, 2.75) is 45.6 Å². The Labute approximate surface area is 95.1 Å². The number of unbranched alkanes of at least 4 members (excludes halogenated alkanes) is 1. The average Bonchev–Trinajstić information content (AvgIpc) is 2.69. The van der Waals surface area contributed by atoms with Crippen molar-refractivity contribution in [2.24, 2.45) is 5.73 Å². The van der Waals surface area contributed by atoms with Crippen molar-refractivity contribution in [3.63, 3.8) is 0 Å². The molecule has 0 aliphatic heterocycles. The molecule has 0 saturated carbocycles. The van der Waals surface area contributed by atoms with Gasteiger partial charge >= 0.3 is 0 Å². The lowest BCUT2D eigenvalue weighted by atomic mass is 10.1. The van der Waals surface area contributed by atoms with Gasteiger partial charge in [-0.2, -0.15) is 0 Å². The molecule has 4 N–H and O–H groups in total. The normalized spacial score (nSPS) is 12.7. The largest absolute Gasteiger partial charge is 0.387 e. The number of carbonyl (C=O) groups excluding carboxylic acids is 1. The zero-order chi connectivity index (χ0) is 12.1. The van der Waals surface area contributed by atoms with Crippen molar-refractivity contribution in [2.75, 3.05) is 0 Å². The quantitative estimate of drug-likeness (QED) is 0.681. The lowest BCUT2D eigenvalue weighted by Gasteiger charge is -2.04. The number of aromatic nitrogens is 2. The van der Waals surface area contributed by atoms with E-state index in [1.807, 2.05) is 6.92 Å². The number of imidazole rings is 1. The summed E-state index contributed by atoms with van der Waals surface area (Å²) in [6.07, 6.45) is 2.60. The number of aliphatic hydroxyl groups is 1. The summed E-state index contributed by atoms with van der Waals surface area (Å²) < 4.78 is 0. The highest BCUT2D eigenvalue weighted by molar-refractivity contribution is 5.92. The molecule has 0 radical (unpaired) electrons. The number of aryl methyl sites for hydroxylation is 1. The Kier molecular flexibility index (Phi) is 4.49. The molecule has 1 aromatic rings. The third-order valence-corrected chi connectivity index (χ3v) is 2.50. The predicted molar refractivity (Wildman–Crippen MR) is 61.0 cm³/mol. The fourth-order valence-corrected chi connectivity index (χ4v) is 1.52. The third-order valence-electron chi connectivity index (χ3n) is 2.50. The molecular weight excluding hydrogens is 206 g/mol. The molecule has 0 bridgehead atoms. The van der Waals surface area contributed by atoms with Crippen LogP contribution >= 0.6 is 0 Å². The average molecular weight is 225 g/mol. The minimum Gasteiger partial charge on any atom is -0.387 e. The fourth-order valence-electron chi connectivity index (χ4n) is 1.52. The molecule has 0 fully saturated rings. The summed E-state index contributed by atoms with van der Waals surface area (Å²) in [6.45, 7) is 3.91. The molecule has 0 aliphatic carbocycles. The number of nitrogens with zero attached hydrogens (tertiary/aromatic N) is 1. The molecule has 1 amide bonds. The number of aliphatic hydroxyl groups excluding tert-OH is 1. The van der Waals surface area contributed by atoms with Crippen LogP contribution in [0.5, 0.6) is 0 Å². The Morgan fingerprint density at radius 2 is 2.25 bits per heavy atom. The maximum atomic E-state index is 11.2. The van der Waals surface area contributed by atoms with Crippen molar-refractivity contribution in [3.05, 3.63) is 17.2 Å². The Hall–Kier alpha value is -1.36. The molecule has 1 atom stereocenters. The van der Waals surface area contributed by atoms with E-state index in [-0.39, 0.29) is 5.69 Å². The summed E-state index contributed by atoms with van der Waals surface area (Å²) in [6, 6.07) is 0. The van der Waals surface area contributed by atoms with Crippen molar-refractivity contribution in [3.8, 4) is 0 Å². The van der Waals surface area contributed by atoms with E-state index >= 15 is 0 Å². The zero-order valence-corrected chi connectivity index (χ0v) is 9.79. The van der Waals surface area contributed by atoms with Gasteiger partial charge in [0.25, 0.3) is 5.91 Å². The summed E-state index contributed by atoms with van der Waals surface area (Å²) in [5, 5.41) is 9.71. The van der Waals surface area contributed by atoms with E-state index in [4.69, 9.17) is 5.73 Å². The molecule has 0 saturated heterocycles. The van der Waals surface area contributed by atoms with Crippen LogP contribution in [0.1, 0.15) is 61.2 Å². The van der Waals surface area contributed by atoms with Gasteiger partial charge in [0.05, 0.1) is 6.10 Å². The van der Waals surface area contributed by atoms with Gasteiger partial charge in [-0.15, -0.1) is 0 Å². The van der Waals surface area contributed by atoms with Crippen molar-refractivity contribution in [1.29, 1.82) is 0 Å². The van der Waals surface area contributed by atoms with Crippen LogP contribution in [0.15, 0.2) is 0 Å². The molecule has 1 unspecified atom stereocenters. The number of carbonyl (C=O) groups is 1. The smallest absolute Gasteiger partial charge is 0.267 e. The molecule has 5 heteroatoms. The number of nitrogens with two attached hydrogens (primary N) is 1. The molecule has 1 rings (SSSR count). The molecule has 0 aliphatic rings. The Morgan fingerprint density at radius 3 is 2.75 bits per heavy atom. The van der Waals surface area contributed by atoms with Gasteiger partial charge in [0.1, 0.15) is 17.2 Å². The second kappa shape index (κ2) is 5.65. The van der Waals surface area contributed by atoms with Gasteiger partial charge in [0.15, 0.2) is 0 Å². The number of hydrogen-bond donors (Lipinski definition) is 3. The van der Waals surface area contributed by atoms with Crippen LogP contribution < -0.4 is 5.73 Å². The first kappa shape index (κ1) is 12.7. The van der Waals surface area contributed by atoms with Crippen LogP contribution in [0.4, 0.5) is 0 Å². The van der Waals surface area contributed by atoms with Crippen molar-refractivity contribution >= 4 is 5.91 Å². The summed E-state index contributed by atoms with van der Waals surface area (Å²) in [5.41, 5.74) is 5.84. The standard InChI is InChI=1S/C11H19N3O2/c1-3-5-6-8-13-9(7(15)4-2)10(14-8)11(12)16/h7,15H,3-6H2,1-2H3,(H2,12,16)(H,13,14). The van der Waals surface area contributed by atoms with Crippen molar-refractivity contribution < 1.29 is 9.90 Å². The van der Waals surface area contributed by atoms with Crippen LogP contribution in [0.2, 0.25) is 0 Å². The number of rotatable bonds is 6. The topological polar surface area (TPSA) is 92.0 Å². The maximum absolute atomic E-state index is 11.2. The SMILES string of the molecule is CCCCc1nc(C(O)CC)c(C(N)=O)[nH]1. The Balaban J connectivity index is 2.95. The molecule has 0 aromatic carbocycles. The van der Waals surface area contributed by atoms with Crippen LogP contribution in [-0.2, 0) is 6.42 Å². The first-order valence-corrected chi connectivity index (χ1v) is 5.66. The van der Waals surface area contributed by atoms with Gasteiger partial charge in [-0.25, -0.2) is 4.98 Å². The first-order chi connectivity index (χ1) is 7.60. The molecule has 16 heavy (non-hydrogen) atoms. The number of amides is 1. The summed E-state index contributed by atoms with van der Waals surface area (Å²) in [7, 11) is 0. The molecular formula is C11H19N3O2. The highest BCUT2D eigenvalue weighted by Crippen LogP contribution is 2.19. The van der Waals surface area contributed by atoms with E-state index in [2.05, 4.69) is 16.9 Å². The fraction of sp³-hybridized carbons (Fsp3) is 0.636. The van der Waals surface area contributed by atoms with Crippen LogP contribution in [0.3, 0.4) is 0 Å². The van der Waals surface area contributed by atoms with Gasteiger partial charge in [-0.1, -0.05) is 20.3 Å². The van der Waals surface area contributed by atoms with E-state index in [9.17, 15) is 9.90 Å².